The molecule has 0 radical (unpaired) electrons. The summed E-state index contributed by atoms with van der Waals surface area (Å²) < 4.78 is 5.73. The van der Waals surface area contributed by atoms with Crippen LogP contribution in [0.5, 0.6) is 0 Å². The van der Waals surface area contributed by atoms with E-state index in [0.29, 0.717) is 17.7 Å². The summed E-state index contributed by atoms with van der Waals surface area (Å²) in [4.78, 5) is 8.73. The van der Waals surface area contributed by atoms with E-state index in [1.54, 1.807) is 0 Å². The minimum atomic E-state index is -0.0825. The van der Waals surface area contributed by atoms with Gasteiger partial charge in [0.15, 0.2) is 0 Å². The predicted molar refractivity (Wildman–Crippen MR) is 76.0 cm³/mol. The second-order valence-corrected chi connectivity index (χ2v) is 5.68. The maximum absolute atomic E-state index is 5.73. The molecule has 4 N–H and O–H groups in total. The molecule has 1 aromatic rings. The van der Waals surface area contributed by atoms with Crippen molar-refractivity contribution in [2.24, 2.45) is 5.84 Å². The molecule has 2 heterocycles. The maximum atomic E-state index is 5.73. The van der Waals surface area contributed by atoms with Gasteiger partial charge in [0.05, 0.1) is 5.60 Å². The number of nitrogens with two attached hydrogens (primary N) is 1. The summed E-state index contributed by atoms with van der Waals surface area (Å²) in [5, 5.41) is 3.49. The summed E-state index contributed by atoms with van der Waals surface area (Å²) in [7, 11) is 0. The Balaban J connectivity index is 2.17. The highest BCUT2D eigenvalue weighted by Crippen LogP contribution is 2.27. The van der Waals surface area contributed by atoms with E-state index in [1.165, 1.54) is 0 Å². The minimum Gasteiger partial charge on any atom is -0.375 e. The molecular formula is C13H23N5O. The normalized spacial score (nSPS) is 22.1. The van der Waals surface area contributed by atoms with Crippen LogP contribution in [0.1, 0.15) is 38.1 Å². The number of rotatable bonds is 3. The number of nitrogens with zero attached hydrogens (tertiary/aromatic N) is 2. The fourth-order valence-electron chi connectivity index (χ4n) is 2.46. The molecule has 0 amide bonds. The maximum Gasteiger partial charge on any atom is 0.148 e. The highest BCUT2D eigenvalue weighted by atomic mass is 16.5. The van der Waals surface area contributed by atoms with Crippen LogP contribution in [0.15, 0.2) is 0 Å². The number of nitrogens with one attached hydrogen (secondary N) is 2. The van der Waals surface area contributed by atoms with E-state index in [9.17, 15) is 0 Å². The second-order valence-electron chi connectivity index (χ2n) is 5.68. The minimum absolute atomic E-state index is 0.0825. The lowest BCUT2D eigenvalue weighted by atomic mass is 9.94. The smallest absolute Gasteiger partial charge is 0.148 e. The van der Waals surface area contributed by atoms with E-state index in [1.807, 2.05) is 13.8 Å². The zero-order valence-corrected chi connectivity index (χ0v) is 12.1. The van der Waals surface area contributed by atoms with Crippen molar-refractivity contribution in [1.82, 2.24) is 9.97 Å². The number of nitrogen functional groups attached to an aromatic ring is 1. The average molecular weight is 265 g/mol. The first-order valence-electron chi connectivity index (χ1n) is 6.63. The SMILES string of the molecule is Cc1nc(NN)c(C)c(NC2CCOC(C)(C)C2)n1. The van der Waals surface area contributed by atoms with Gasteiger partial charge in [-0.1, -0.05) is 0 Å². The molecule has 0 bridgehead atoms. The number of ether oxygens (including phenoxy) is 1. The largest absolute Gasteiger partial charge is 0.375 e. The third-order valence-electron chi connectivity index (χ3n) is 3.43. The first-order chi connectivity index (χ1) is 8.91. The van der Waals surface area contributed by atoms with E-state index in [0.717, 1.165) is 30.8 Å². The molecule has 0 saturated carbocycles. The summed E-state index contributed by atoms with van der Waals surface area (Å²) >= 11 is 0. The number of aryl methyl sites for hydroxylation is 1. The molecule has 1 aliphatic heterocycles. The summed E-state index contributed by atoms with van der Waals surface area (Å²) in [6.07, 6.45) is 1.94. The van der Waals surface area contributed by atoms with Gasteiger partial charge in [0, 0.05) is 18.2 Å². The van der Waals surface area contributed by atoms with Crippen molar-refractivity contribution in [3.05, 3.63) is 11.4 Å². The first-order valence-corrected chi connectivity index (χ1v) is 6.63. The number of hydrogen-bond acceptors (Lipinski definition) is 6. The van der Waals surface area contributed by atoms with Crippen molar-refractivity contribution in [2.45, 2.75) is 52.2 Å². The molecule has 0 spiro atoms. The zero-order chi connectivity index (χ0) is 14.0. The van der Waals surface area contributed by atoms with Crippen LogP contribution in [0.2, 0.25) is 0 Å². The Bertz CT molecular complexity index is 461. The number of hydrogen-bond donors (Lipinski definition) is 3. The topological polar surface area (TPSA) is 85.1 Å². The summed E-state index contributed by atoms with van der Waals surface area (Å²) in [5.41, 5.74) is 3.47. The molecule has 2 rings (SSSR count). The van der Waals surface area contributed by atoms with Crippen molar-refractivity contribution in [2.75, 3.05) is 17.3 Å². The highest BCUT2D eigenvalue weighted by molar-refractivity contribution is 5.57. The Morgan fingerprint density at radius 3 is 2.58 bits per heavy atom. The van der Waals surface area contributed by atoms with Crippen LogP contribution >= 0.6 is 0 Å². The Morgan fingerprint density at radius 2 is 1.95 bits per heavy atom. The monoisotopic (exact) mass is 265 g/mol. The molecule has 1 aliphatic rings. The lowest BCUT2D eigenvalue weighted by Gasteiger charge is -2.36. The van der Waals surface area contributed by atoms with Crippen LogP contribution in [0, 0.1) is 13.8 Å². The van der Waals surface area contributed by atoms with Crippen LogP contribution in [-0.2, 0) is 4.74 Å². The van der Waals surface area contributed by atoms with Gasteiger partial charge in [-0.15, -0.1) is 0 Å². The number of anilines is 2. The van der Waals surface area contributed by atoms with E-state index < -0.39 is 0 Å². The number of aromatic nitrogens is 2. The summed E-state index contributed by atoms with van der Waals surface area (Å²) in [5.74, 6) is 7.70. The third kappa shape index (κ3) is 3.33. The third-order valence-corrected chi connectivity index (χ3v) is 3.43. The second kappa shape index (κ2) is 5.30. The van der Waals surface area contributed by atoms with Crippen LogP contribution < -0.4 is 16.6 Å². The Kier molecular flexibility index (Phi) is 3.91. The van der Waals surface area contributed by atoms with E-state index in [4.69, 9.17) is 10.6 Å². The molecular weight excluding hydrogens is 242 g/mol. The van der Waals surface area contributed by atoms with Crippen molar-refractivity contribution in [3.63, 3.8) is 0 Å². The molecule has 1 saturated heterocycles. The van der Waals surface area contributed by atoms with Crippen LogP contribution in [-0.4, -0.2) is 28.2 Å². The van der Waals surface area contributed by atoms with Gasteiger partial charge in [-0.3, -0.25) is 0 Å². The fourth-order valence-corrected chi connectivity index (χ4v) is 2.46. The van der Waals surface area contributed by atoms with Gasteiger partial charge in [-0.2, -0.15) is 0 Å². The van der Waals surface area contributed by atoms with Crippen molar-refractivity contribution in [3.8, 4) is 0 Å². The lowest BCUT2D eigenvalue weighted by molar-refractivity contribution is -0.0553. The van der Waals surface area contributed by atoms with E-state index >= 15 is 0 Å². The average Bonchev–Trinajstić information content (AvgIpc) is 2.32. The van der Waals surface area contributed by atoms with Crippen LogP contribution in [0.3, 0.4) is 0 Å². The molecule has 1 fully saturated rings. The van der Waals surface area contributed by atoms with Gasteiger partial charge < -0.3 is 15.5 Å². The first kappa shape index (κ1) is 14.0. The Hall–Kier alpha value is -1.40. The fraction of sp³-hybridized carbons (Fsp3) is 0.692. The number of hydrazine groups is 1. The molecule has 6 heteroatoms. The van der Waals surface area contributed by atoms with Crippen molar-refractivity contribution < 1.29 is 4.74 Å². The van der Waals surface area contributed by atoms with Crippen molar-refractivity contribution >= 4 is 11.6 Å². The van der Waals surface area contributed by atoms with Gasteiger partial charge in [0.1, 0.15) is 17.5 Å². The summed E-state index contributed by atoms with van der Waals surface area (Å²) in [6, 6.07) is 0.363. The molecule has 1 unspecified atom stereocenters. The molecule has 0 aromatic carbocycles. The Morgan fingerprint density at radius 1 is 1.26 bits per heavy atom. The molecule has 106 valence electrons. The summed E-state index contributed by atoms with van der Waals surface area (Å²) in [6.45, 7) is 8.83. The van der Waals surface area contributed by atoms with Gasteiger partial charge in [-0.25, -0.2) is 15.8 Å². The quantitative estimate of drug-likeness (QED) is 0.570. The molecule has 0 aliphatic carbocycles. The molecule has 1 aromatic heterocycles. The lowest BCUT2D eigenvalue weighted by Crippen LogP contribution is -2.40. The van der Waals surface area contributed by atoms with Gasteiger partial charge in [0.2, 0.25) is 0 Å². The van der Waals surface area contributed by atoms with Crippen LogP contribution in [0.4, 0.5) is 11.6 Å². The predicted octanol–water partition coefficient (Wildman–Crippen LogP) is 1.75. The van der Waals surface area contributed by atoms with Gasteiger partial charge >= 0.3 is 0 Å². The van der Waals surface area contributed by atoms with Crippen LogP contribution in [0.25, 0.3) is 0 Å². The molecule has 6 nitrogen and oxygen atoms in total. The van der Waals surface area contributed by atoms with Gasteiger partial charge in [-0.05, 0) is 40.5 Å². The van der Waals surface area contributed by atoms with Crippen molar-refractivity contribution in [1.29, 1.82) is 0 Å². The highest BCUT2D eigenvalue weighted by Gasteiger charge is 2.29. The zero-order valence-electron chi connectivity index (χ0n) is 12.1. The van der Waals surface area contributed by atoms with E-state index in [-0.39, 0.29) is 5.60 Å². The van der Waals surface area contributed by atoms with E-state index in [2.05, 4.69) is 34.6 Å². The molecule has 1 atom stereocenters. The Labute approximate surface area is 114 Å². The van der Waals surface area contributed by atoms with Gasteiger partial charge in [0.25, 0.3) is 0 Å². The molecule has 19 heavy (non-hydrogen) atoms. The standard InChI is InChI=1S/C13H23N5O/c1-8-11(15-9(2)16-12(8)18-14)17-10-5-6-19-13(3,4)7-10/h10H,5-7,14H2,1-4H3,(H2,15,16,17,18).